The van der Waals surface area contributed by atoms with E-state index in [4.69, 9.17) is 5.73 Å². The topological polar surface area (TPSA) is 72.2 Å². The summed E-state index contributed by atoms with van der Waals surface area (Å²) in [5.41, 5.74) is 5.82. The minimum Gasteiger partial charge on any atom is -0.320 e. The van der Waals surface area contributed by atoms with Crippen LogP contribution in [-0.2, 0) is 10.0 Å². The molecule has 0 heterocycles. The lowest BCUT2D eigenvalue weighted by molar-refractivity contribution is 0.578. The van der Waals surface area contributed by atoms with E-state index in [1.165, 1.54) is 18.2 Å². The first kappa shape index (κ1) is 16.5. The van der Waals surface area contributed by atoms with Crippen molar-refractivity contribution in [2.45, 2.75) is 20.3 Å². The normalized spacial score (nSPS) is 11.1. The number of hydrogen-bond acceptors (Lipinski definition) is 3. The van der Waals surface area contributed by atoms with E-state index in [0.717, 1.165) is 0 Å². The van der Waals surface area contributed by atoms with Crippen LogP contribution in [0.3, 0.4) is 0 Å². The Hall–Kier alpha value is -1.58. The molecule has 0 saturated heterocycles. The number of nitrogens with one attached hydrogen (secondary N) is 1. The maximum absolute atomic E-state index is 13.2. The Morgan fingerprint density at radius 1 is 1.40 bits per heavy atom. The van der Waals surface area contributed by atoms with Gasteiger partial charge in [-0.15, -0.1) is 0 Å². The van der Waals surface area contributed by atoms with Gasteiger partial charge in [0.1, 0.15) is 5.82 Å². The molecule has 6 heteroatoms. The van der Waals surface area contributed by atoms with Crippen molar-refractivity contribution in [3.05, 3.63) is 29.6 Å². The molecular formula is C14H19FN2O2S. The van der Waals surface area contributed by atoms with Crippen molar-refractivity contribution in [2.24, 2.45) is 11.7 Å². The molecule has 1 aromatic rings. The Balaban J connectivity index is 2.96. The van der Waals surface area contributed by atoms with E-state index in [1.54, 1.807) is 0 Å². The maximum Gasteiger partial charge on any atom is 0.232 e. The smallest absolute Gasteiger partial charge is 0.232 e. The zero-order valence-electron chi connectivity index (χ0n) is 11.6. The van der Waals surface area contributed by atoms with E-state index in [0.29, 0.717) is 6.42 Å². The lowest BCUT2D eigenvalue weighted by Crippen LogP contribution is -2.18. The Labute approximate surface area is 119 Å². The number of sulfonamides is 1. The van der Waals surface area contributed by atoms with E-state index in [1.807, 2.05) is 13.8 Å². The summed E-state index contributed by atoms with van der Waals surface area (Å²) < 4.78 is 39.5. The minimum absolute atomic E-state index is 0.0196. The van der Waals surface area contributed by atoms with Gasteiger partial charge in [0.15, 0.2) is 0 Å². The highest BCUT2D eigenvalue weighted by Gasteiger charge is 2.13. The summed E-state index contributed by atoms with van der Waals surface area (Å²) in [6, 6.07) is 3.74. The van der Waals surface area contributed by atoms with Crippen molar-refractivity contribution in [2.75, 3.05) is 17.0 Å². The summed E-state index contributed by atoms with van der Waals surface area (Å²) in [5, 5.41) is 0. The lowest BCUT2D eigenvalue weighted by atomic mass is 10.2. The molecule has 0 bridgehead atoms. The summed E-state index contributed by atoms with van der Waals surface area (Å²) in [5.74, 6) is 5.08. The average molecular weight is 298 g/mol. The maximum atomic E-state index is 13.2. The lowest BCUT2D eigenvalue weighted by Gasteiger charge is -2.11. The first-order valence-electron chi connectivity index (χ1n) is 6.33. The first-order chi connectivity index (χ1) is 9.34. The molecule has 1 aromatic carbocycles. The van der Waals surface area contributed by atoms with Gasteiger partial charge >= 0.3 is 0 Å². The molecule has 3 N–H and O–H groups in total. The molecule has 0 aliphatic carbocycles. The van der Waals surface area contributed by atoms with Crippen LogP contribution in [0.1, 0.15) is 25.8 Å². The molecule has 4 nitrogen and oxygen atoms in total. The Kier molecular flexibility index (Phi) is 5.99. The van der Waals surface area contributed by atoms with Gasteiger partial charge < -0.3 is 5.73 Å². The van der Waals surface area contributed by atoms with Crippen LogP contribution in [0.4, 0.5) is 10.1 Å². The van der Waals surface area contributed by atoms with Crippen LogP contribution in [0, 0.1) is 23.6 Å². The molecule has 0 amide bonds. The highest BCUT2D eigenvalue weighted by Crippen LogP contribution is 2.18. The first-order valence-corrected chi connectivity index (χ1v) is 7.98. The van der Waals surface area contributed by atoms with Gasteiger partial charge in [-0.3, -0.25) is 4.72 Å². The number of halogens is 1. The third kappa shape index (κ3) is 5.59. The van der Waals surface area contributed by atoms with E-state index in [-0.39, 0.29) is 29.5 Å². The zero-order chi connectivity index (χ0) is 15.2. The van der Waals surface area contributed by atoms with Crippen LogP contribution < -0.4 is 10.5 Å². The van der Waals surface area contributed by atoms with Crippen LogP contribution in [0.2, 0.25) is 0 Å². The average Bonchev–Trinajstić information content (AvgIpc) is 2.37. The van der Waals surface area contributed by atoms with Gasteiger partial charge in [0.05, 0.1) is 23.5 Å². The van der Waals surface area contributed by atoms with Gasteiger partial charge in [-0.2, -0.15) is 0 Å². The molecule has 0 saturated carbocycles. The van der Waals surface area contributed by atoms with Crippen molar-refractivity contribution >= 4 is 15.7 Å². The molecule has 0 aromatic heterocycles. The molecule has 0 atom stereocenters. The van der Waals surface area contributed by atoms with Crippen LogP contribution in [0.5, 0.6) is 0 Å². The molecule has 0 radical (unpaired) electrons. The predicted molar refractivity (Wildman–Crippen MR) is 79.2 cm³/mol. The summed E-state index contributed by atoms with van der Waals surface area (Å²) in [7, 11) is -3.46. The van der Waals surface area contributed by atoms with E-state index in [2.05, 4.69) is 16.6 Å². The fourth-order valence-electron chi connectivity index (χ4n) is 1.46. The molecule has 0 aliphatic heterocycles. The Bertz CT molecular complexity index is 616. The van der Waals surface area contributed by atoms with Gasteiger partial charge in [0.25, 0.3) is 0 Å². The number of benzene rings is 1. The Morgan fingerprint density at radius 3 is 2.70 bits per heavy atom. The molecule has 110 valence electrons. The van der Waals surface area contributed by atoms with Crippen LogP contribution in [-0.4, -0.2) is 20.7 Å². The molecule has 0 aliphatic rings. The highest BCUT2D eigenvalue weighted by atomic mass is 32.2. The second kappa shape index (κ2) is 7.27. The second-order valence-electron chi connectivity index (χ2n) is 4.80. The van der Waals surface area contributed by atoms with Gasteiger partial charge in [0, 0.05) is 0 Å². The van der Waals surface area contributed by atoms with Crippen LogP contribution in [0.15, 0.2) is 18.2 Å². The summed E-state index contributed by atoms with van der Waals surface area (Å²) >= 11 is 0. The number of rotatable bonds is 5. The standard InChI is InChI=1S/C14H19FN2O2S/c1-11(2)7-9-20(18,19)17-14-6-5-13(15)10-12(14)4-3-8-16/h5-6,10-11,17H,7-9,16H2,1-2H3. The SMILES string of the molecule is CC(C)CCS(=O)(=O)Nc1ccc(F)cc1C#CCN. The summed E-state index contributed by atoms with van der Waals surface area (Å²) in [4.78, 5) is 0. The van der Waals surface area contributed by atoms with Crippen molar-refractivity contribution < 1.29 is 12.8 Å². The van der Waals surface area contributed by atoms with Gasteiger partial charge in [0.2, 0.25) is 10.0 Å². The monoisotopic (exact) mass is 298 g/mol. The van der Waals surface area contributed by atoms with E-state index < -0.39 is 15.8 Å². The molecule has 0 unspecified atom stereocenters. The van der Waals surface area contributed by atoms with Crippen molar-refractivity contribution in [3.8, 4) is 11.8 Å². The summed E-state index contributed by atoms with van der Waals surface area (Å²) in [6.45, 7) is 4.02. The van der Waals surface area contributed by atoms with Crippen molar-refractivity contribution in [3.63, 3.8) is 0 Å². The Morgan fingerprint density at radius 2 is 2.10 bits per heavy atom. The van der Waals surface area contributed by atoms with E-state index in [9.17, 15) is 12.8 Å². The van der Waals surface area contributed by atoms with Gasteiger partial charge in [-0.25, -0.2) is 12.8 Å². The third-order valence-electron chi connectivity index (χ3n) is 2.54. The molecule has 0 spiro atoms. The number of anilines is 1. The van der Waals surface area contributed by atoms with Crippen LogP contribution >= 0.6 is 0 Å². The molecule has 0 fully saturated rings. The molecule has 1 rings (SSSR count). The van der Waals surface area contributed by atoms with E-state index >= 15 is 0 Å². The van der Waals surface area contributed by atoms with Crippen molar-refractivity contribution in [1.82, 2.24) is 0 Å². The van der Waals surface area contributed by atoms with Gasteiger partial charge in [-0.05, 0) is 30.5 Å². The quantitative estimate of drug-likeness (QED) is 0.816. The fourth-order valence-corrected chi connectivity index (χ4v) is 2.86. The second-order valence-corrected chi connectivity index (χ2v) is 6.64. The van der Waals surface area contributed by atoms with Crippen molar-refractivity contribution in [1.29, 1.82) is 0 Å². The molecule has 20 heavy (non-hydrogen) atoms. The number of nitrogens with two attached hydrogens (primary N) is 1. The van der Waals surface area contributed by atoms with Crippen LogP contribution in [0.25, 0.3) is 0 Å². The highest BCUT2D eigenvalue weighted by molar-refractivity contribution is 7.92. The largest absolute Gasteiger partial charge is 0.320 e. The minimum atomic E-state index is -3.46. The molecular weight excluding hydrogens is 279 g/mol. The van der Waals surface area contributed by atoms with Gasteiger partial charge in [-0.1, -0.05) is 25.7 Å². The third-order valence-corrected chi connectivity index (χ3v) is 3.84. The fraction of sp³-hybridized carbons (Fsp3) is 0.429. The predicted octanol–water partition coefficient (Wildman–Crippen LogP) is 1.92. The number of hydrogen-bond donors (Lipinski definition) is 2. The zero-order valence-corrected chi connectivity index (χ0v) is 12.4. The summed E-state index contributed by atoms with van der Waals surface area (Å²) in [6.07, 6.45) is 0.556.